The number of nitrogens with zero attached hydrogens (tertiary/aromatic N) is 4. The number of amides is 1. The minimum Gasteiger partial charge on any atom is -0.303 e. The highest BCUT2D eigenvalue weighted by Crippen LogP contribution is 2.16. The van der Waals surface area contributed by atoms with Gasteiger partial charge in [-0.2, -0.15) is 4.36 Å². The van der Waals surface area contributed by atoms with Gasteiger partial charge in [0.2, 0.25) is 0 Å². The van der Waals surface area contributed by atoms with Crippen LogP contribution in [0.5, 0.6) is 0 Å². The van der Waals surface area contributed by atoms with Gasteiger partial charge >= 0.3 is 0 Å². The predicted octanol–water partition coefficient (Wildman–Crippen LogP) is 2.93. The van der Waals surface area contributed by atoms with Gasteiger partial charge in [0.05, 0.1) is 21.2 Å². The fraction of sp³-hybridized carbons (Fsp3) is 0.133. The average molecular weight is 393 g/mol. The summed E-state index contributed by atoms with van der Waals surface area (Å²) in [6.07, 6.45) is 6.62. The third kappa shape index (κ3) is 3.65. The van der Waals surface area contributed by atoms with E-state index < -0.39 is 15.6 Å². The van der Waals surface area contributed by atoms with Crippen LogP contribution in [0.25, 0.3) is 5.65 Å². The summed E-state index contributed by atoms with van der Waals surface area (Å²) in [4.78, 5) is 20.7. The maximum atomic E-state index is 12.7. The number of benzene rings is 1. The summed E-state index contributed by atoms with van der Waals surface area (Å²) in [5.74, 6) is -0.446. The zero-order chi connectivity index (χ0) is 16.4. The molecule has 0 N–H and O–H groups in total. The summed E-state index contributed by atoms with van der Waals surface area (Å²) in [7, 11) is -2.78. The van der Waals surface area contributed by atoms with Crippen LogP contribution in [0.2, 0.25) is 0 Å². The smallest absolute Gasteiger partial charge is 0.285 e. The number of fused-ring (bicyclic) bond motifs is 1. The summed E-state index contributed by atoms with van der Waals surface area (Å²) in [5.41, 5.74) is 1.54. The Kier molecular flexibility index (Phi) is 4.27. The standard InChI is InChI=1S/C15H13BrN4O2S/c1-23(22,19-15(21)11-5-3-2-4-6-11)10-12-14-17-7-8-20(14)9-13(16)18-12/h2-9H,10H2,1H3. The molecule has 118 valence electrons. The highest BCUT2D eigenvalue weighted by Gasteiger charge is 2.14. The Hall–Kier alpha value is -2.06. The first-order valence-corrected chi connectivity index (χ1v) is 9.60. The number of aromatic nitrogens is 3. The molecule has 2 aromatic heterocycles. The van der Waals surface area contributed by atoms with Crippen molar-refractivity contribution in [3.05, 3.63) is 64.8 Å². The number of imidazole rings is 1. The fourth-order valence-corrected chi connectivity index (χ4v) is 3.81. The summed E-state index contributed by atoms with van der Waals surface area (Å²) < 4.78 is 19.0. The van der Waals surface area contributed by atoms with Crippen molar-refractivity contribution in [2.75, 3.05) is 6.26 Å². The normalized spacial score (nSPS) is 13.7. The fourth-order valence-electron chi connectivity index (χ4n) is 2.15. The van der Waals surface area contributed by atoms with Crippen LogP contribution < -0.4 is 0 Å². The molecule has 0 aliphatic carbocycles. The number of halogens is 1. The van der Waals surface area contributed by atoms with E-state index in [0.29, 0.717) is 21.5 Å². The molecule has 0 aliphatic rings. The number of carbonyl (C=O) groups excluding carboxylic acids is 1. The topological polar surface area (TPSA) is 76.7 Å². The van der Waals surface area contributed by atoms with Crippen molar-refractivity contribution in [1.82, 2.24) is 14.4 Å². The average Bonchev–Trinajstić information content (AvgIpc) is 2.95. The maximum Gasteiger partial charge on any atom is 0.285 e. The van der Waals surface area contributed by atoms with Crippen LogP contribution in [-0.4, -0.2) is 30.7 Å². The first-order valence-electron chi connectivity index (χ1n) is 6.72. The van der Waals surface area contributed by atoms with Crippen LogP contribution in [0.3, 0.4) is 0 Å². The molecular formula is C15H13BrN4O2S. The van der Waals surface area contributed by atoms with Crippen LogP contribution in [-0.2, 0) is 15.5 Å². The quantitative estimate of drug-likeness (QED) is 0.686. The van der Waals surface area contributed by atoms with E-state index in [2.05, 4.69) is 30.3 Å². The lowest BCUT2D eigenvalue weighted by atomic mass is 10.2. The van der Waals surface area contributed by atoms with E-state index >= 15 is 0 Å². The molecular weight excluding hydrogens is 380 g/mol. The summed E-state index contributed by atoms with van der Waals surface area (Å²) in [6, 6.07) is 8.58. The van der Waals surface area contributed by atoms with E-state index in [1.807, 2.05) is 0 Å². The largest absolute Gasteiger partial charge is 0.303 e. The second-order valence-electron chi connectivity index (χ2n) is 5.03. The van der Waals surface area contributed by atoms with E-state index in [4.69, 9.17) is 0 Å². The molecule has 0 spiro atoms. The monoisotopic (exact) mass is 392 g/mol. The van der Waals surface area contributed by atoms with Crippen molar-refractivity contribution in [3.8, 4) is 0 Å². The SMILES string of the molecule is CS(=O)(Cc1nc(Br)cn2ccnc12)=NC(=O)c1ccccc1. The third-order valence-corrected chi connectivity index (χ3v) is 4.86. The lowest BCUT2D eigenvalue weighted by Crippen LogP contribution is -2.09. The van der Waals surface area contributed by atoms with Gasteiger partial charge < -0.3 is 4.40 Å². The molecule has 0 bridgehead atoms. The van der Waals surface area contributed by atoms with E-state index in [1.54, 1.807) is 53.3 Å². The van der Waals surface area contributed by atoms with E-state index in [9.17, 15) is 9.00 Å². The van der Waals surface area contributed by atoms with Gasteiger partial charge in [-0.25, -0.2) is 14.2 Å². The summed E-state index contributed by atoms with van der Waals surface area (Å²) in [6.45, 7) is 0. The molecule has 0 radical (unpaired) electrons. The first kappa shape index (κ1) is 15.8. The second kappa shape index (κ2) is 6.21. The molecule has 1 atom stereocenters. The van der Waals surface area contributed by atoms with Gasteiger partial charge in [-0.05, 0) is 28.1 Å². The lowest BCUT2D eigenvalue weighted by Gasteiger charge is -2.06. The third-order valence-electron chi connectivity index (χ3n) is 3.12. The number of rotatable bonds is 3. The Morgan fingerprint density at radius 3 is 2.83 bits per heavy atom. The van der Waals surface area contributed by atoms with Crippen molar-refractivity contribution in [3.63, 3.8) is 0 Å². The van der Waals surface area contributed by atoms with Crippen LogP contribution in [0.1, 0.15) is 16.1 Å². The Morgan fingerprint density at radius 2 is 2.09 bits per heavy atom. The Balaban J connectivity index is 1.97. The molecule has 1 amide bonds. The summed E-state index contributed by atoms with van der Waals surface area (Å²) >= 11 is 3.31. The van der Waals surface area contributed by atoms with Gasteiger partial charge in [0, 0.05) is 30.4 Å². The van der Waals surface area contributed by atoms with E-state index in [-0.39, 0.29) is 5.75 Å². The Labute approximate surface area is 141 Å². The minimum absolute atomic E-state index is 0.0471. The molecule has 2 heterocycles. The van der Waals surface area contributed by atoms with Crippen LogP contribution in [0, 0.1) is 0 Å². The highest BCUT2D eigenvalue weighted by atomic mass is 79.9. The molecule has 1 aromatic carbocycles. The van der Waals surface area contributed by atoms with Crippen LogP contribution in [0.4, 0.5) is 0 Å². The predicted molar refractivity (Wildman–Crippen MR) is 91.7 cm³/mol. The van der Waals surface area contributed by atoms with Crippen molar-refractivity contribution in [1.29, 1.82) is 0 Å². The molecule has 0 saturated heterocycles. The molecule has 0 aliphatic heterocycles. The van der Waals surface area contributed by atoms with Gasteiger partial charge in [-0.3, -0.25) is 4.79 Å². The molecule has 6 nitrogen and oxygen atoms in total. The molecule has 3 rings (SSSR count). The highest BCUT2D eigenvalue weighted by molar-refractivity contribution is 9.10. The zero-order valence-electron chi connectivity index (χ0n) is 12.2. The zero-order valence-corrected chi connectivity index (χ0v) is 14.6. The van der Waals surface area contributed by atoms with Crippen molar-refractivity contribution < 1.29 is 9.00 Å². The molecule has 1 unspecified atom stereocenters. The number of carbonyl (C=O) groups is 1. The van der Waals surface area contributed by atoms with Gasteiger partial charge in [0.1, 0.15) is 4.60 Å². The van der Waals surface area contributed by atoms with Gasteiger partial charge in [-0.1, -0.05) is 18.2 Å². The van der Waals surface area contributed by atoms with Crippen molar-refractivity contribution in [2.45, 2.75) is 5.75 Å². The molecule has 23 heavy (non-hydrogen) atoms. The molecule has 3 aromatic rings. The van der Waals surface area contributed by atoms with Gasteiger partial charge in [0.25, 0.3) is 5.91 Å². The molecule has 0 saturated carbocycles. The lowest BCUT2D eigenvalue weighted by molar-refractivity contribution is 0.100. The minimum atomic E-state index is -2.78. The molecule has 8 heteroatoms. The van der Waals surface area contributed by atoms with E-state index in [0.717, 1.165) is 0 Å². The molecule has 0 fully saturated rings. The number of hydrogen-bond donors (Lipinski definition) is 0. The van der Waals surface area contributed by atoms with E-state index in [1.165, 1.54) is 6.26 Å². The van der Waals surface area contributed by atoms with Crippen LogP contribution >= 0.6 is 15.9 Å². The maximum absolute atomic E-state index is 12.7. The second-order valence-corrected chi connectivity index (χ2v) is 8.24. The Morgan fingerprint density at radius 1 is 1.35 bits per heavy atom. The van der Waals surface area contributed by atoms with Gasteiger partial charge in [-0.15, -0.1) is 0 Å². The van der Waals surface area contributed by atoms with Crippen molar-refractivity contribution >= 4 is 37.2 Å². The number of hydrogen-bond acceptors (Lipinski definition) is 4. The van der Waals surface area contributed by atoms with Crippen LogP contribution in [0.15, 0.2) is 57.9 Å². The van der Waals surface area contributed by atoms with Gasteiger partial charge in [0.15, 0.2) is 5.65 Å². The summed E-state index contributed by atoms with van der Waals surface area (Å²) in [5, 5.41) is 0. The Bertz CT molecular complexity index is 991. The van der Waals surface area contributed by atoms with Crippen molar-refractivity contribution in [2.24, 2.45) is 4.36 Å². The first-order chi connectivity index (χ1) is 10.9.